The van der Waals surface area contributed by atoms with Crippen LogP contribution in [0.5, 0.6) is 0 Å². The monoisotopic (exact) mass is 1490 g/mol. The highest BCUT2D eigenvalue weighted by Gasteiger charge is 2.48. The number of methoxy groups -OCH3 is 2. The molecule has 0 saturated heterocycles. The molecule has 2 heterocycles. The lowest BCUT2D eigenvalue weighted by molar-refractivity contribution is -0.438. The summed E-state index contributed by atoms with van der Waals surface area (Å²) in [5, 5.41) is 5.56. The Kier molecular flexibility index (Phi) is 31.0. The maximum Gasteiger partial charge on any atom is 0.338 e. The number of esters is 1. The number of ketones is 1. The van der Waals surface area contributed by atoms with E-state index in [1.165, 1.54) is 31.4 Å². The molecule has 0 aromatic heterocycles. The zero-order valence-electron chi connectivity index (χ0n) is 57.2. The van der Waals surface area contributed by atoms with Crippen molar-refractivity contribution < 1.29 is 99.3 Å². The number of benzene rings is 5. The lowest BCUT2D eigenvalue weighted by atomic mass is 9.76. The molecule has 2 unspecified atom stereocenters. The molecule has 24 nitrogen and oxygen atoms in total. The molecule has 2 atom stereocenters. The average Bonchev–Trinajstić information content (AvgIpc) is 1.64. The third-order valence-corrected chi connectivity index (χ3v) is 23.1. The lowest BCUT2D eigenvalue weighted by Crippen LogP contribution is -2.32. The molecule has 2 aliphatic rings. The normalized spacial score (nSPS) is 16.9. The van der Waals surface area contributed by atoms with E-state index in [9.17, 15) is 66.3 Å². The maximum atomic E-state index is 13.7. The van der Waals surface area contributed by atoms with Gasteiger partial charge in [-0.05, 0) is 137 Å². The number of amides is 1. The highest BCUT2D eigenvalue weighted by molar-refractivity contribution is 7.86. The summed E-state index contributed by atoms with van der Waals surface area (Å²) in [6.07, 6.45) is 15.0. The number of carbonyl (C=O) groups excluding carboxylic acids is 3. The Labute approximate surface area is 594 Å². The molecule has 29 heteroatoms. The van der Waals surface area contributed by atoms with Gasteiger partial charge in [-0.3, -0.25) is 27.8 Å². The second-order valence-corrected chi connectivity index (χ2v) is 32.7. The van der Waals surface area contributed by atoms with Crippen LogP contribution in [0.15, 0.2) is 173 Å². The third kappa shape index (κ3) is 24.0. The number of nitrogens with one attached hydrogen (secondary N) is 1. The van der Waals surface area contributed by atoms with Crippen molar-refractivity contribution in [3.8, 4) is 0 Å². The van der Waals surface area contributed by atoms with Crippen LogP contribution in [0.3, 0.4) is 0 Å². The molecule has 548 valence electrons. The summed E-state index contributed by atoms with van der Waals surface area (Å²) in [6.45, 7) is 7.61. The Morgan fingerprint density at radius 2 is 1.10 bits per heavy atom. The first kappa shape index (κ1) is 81.3. The lowest BCUT2D eigenvalue weighted by Gasteiger charge is -2.30. The SMILES string of the molecule is COCCOCCOCCOCCOCCN1C(=CC=CC=CC=CC2=[N+](CCCCCC(=O)CCCNC(=O)c3ccc(C(=O)OC)c(P(c4ccccc4)c4ccccc4)c3)c3ccc(S(=O)(=O)O)cc3C2(C)CCCS(=O)(=O)O)C(C)(CCCS(=O)(=O)O)c2cc(S(=O)(=O)O)ccc21. The summed E-state index contributed by atoms with van der Waals surface area (Å²) >= 11 is 0. The van der Waals surface area contributed by atoms with Crippen LogP contribution in [0.25, 0.3) is 0 Å². The number of allylic oxidation sites excluding steroid dienone is 8. The van der Waals surface area contributed by atoms with E-state index in [4.69, 9.17) is 28.4 Å². The fourth-order valence-corrected chi connectivity index (χ4v) is 16.9. The molecule has 5 N–H and O–H groups in total. The van der Waals surface area contributed by atoms with Crippen molar-refractivity contribution in [2.45, 2.75) is 98.7 Å². The molecule has 2 aliphatic heterocycles. The first-order chi connectivity index (χ1) is 48.1. The van der Waals surface area contributed by atoms with Crippen molar-refractivity contribution >= 4 is 99.1 Å². The smallest absolute Gasteiger partial charge is 0.338 e. The van der Waals surface area contributed by atoms with Crippen LogP contribution >= 0.6 is 7.92 Å². The van der Waals surface area contributed by atoms with Crippen LogP contribution in [0.4, 0.5) is 11.4 Å². The van der Waals surface area contributed by atoms with Gasteiger partial charge in [-0.15, -0.1) is 0 Å². The van der Waals surface area contributed by atoms with Crippen molar-refractivity contribution in [1.29, 1.82) is 0 Å². The van der Waals surface area contributed by atoms with Crippen LogP contribution in [-0.2, 0) is 84.5 Å². The summed E-state index contributed by atoms with van der Waals surface area (Å²) < 4.78 is 173. The van der Waals surface area contributed by atoms with E-state index < -0.39 is 76.7 Å². The minimum absolute atomic E-state index is 0.00528. The summed E-state index contributed by atoms with van der Waals surface area (Å²) in [6, 6.07) is 32.8. The predicted molar refractivity (Wildman–Crippen MR) is 388 cm³/mol. The fourth-order valence-electron chi connectivity index (χ4n) is 12.4. The van der Waals surface area contributed by atoms with E-state index in [1.807, 2.05) is 90.1 Å². The number of Topliss-reactive ketones (excluding diaryl/α,β-unsaturated/α-hetero) is 1. The summed E-state index contributed by atoms with van der Waals surface area (Å²) in [5.41, 5.74) is 2.00. The van der Waals surface area contributed by atoms with Gasteiger partial charge in [0.1, 0.15) is 12.3 Å². The number of unbranched alkanes of at least 4 members (excludes halogenated alkanes) is 2. The Hall–Kier alpha value is -6.99. The van der Waals surface area contributed by atoms with E-state index in [1.54, 1.807) is 73.9 Å². The summed E-state index contributed by atoms with van der Waals surface area (Å²) in [7, 11) is -16.5. The van der Waals surface area contributed by atoms with Crippen molar-refractivity contribution in [1.82, 2.24) is 5.32 Å². The van der Waals surface area contributed by atoms with Gasteiger partial charge in [0.2, 0.25) is 5.69 Å². The molecule has 5 aromatic rings. The number of rotatable bonds is 44. The van der Waals surface area contributed by atoms with Crippen LogP contribution < -0.4 is 26.1 Å². The fraction of sp³-hybridized carbons (Fsp3) is 0.417. The van der Waals surface area contributed by atoms with Crippen molar-refractivity contribution in [2.75, 3.05) is 110 Å². The van der Waals surface area contributed by atoms with Gasteiger partial charge >= 0.3 is 5.97 Å². The van der Waals surface area contributed by atoms with Crippen molar-refractivity contribution in [2.24, 2.45) is 0 Å². The molecule has 5 aromatic carbocycles. The summed E-state index contributed by atoms with van der Waals surface area (Å²) in [4.78, 5) is 41.2. The second-order valence-electron chi connectivity index (χ2n) is 24.5. The Morgan fingerprint density at radius 3 is 1.67 bits per heavy atom. The Morgan fingerprint density at radius 1 is 0.564 bits per heavy atom. The van der Waals surface area contributed by atoms with Gasteiger partial charge in [-0.2, -0.15) is 38.2 Å². The van der Waals surface area contributed by atoms with Gasteiger partial charge < -0.3 is 38.6 Å². The highest BCUT2D eigenvalue weighted by atomic mass is 32.2. The second kappa shape index (κ2) is 38.5. The van der Waals surface area contributed by atoms with Gasteiger partial charge in [-0.1, -0.05) is 91.0 Å². The number of ether oxygens (including phenoxy) is 6. The number of hydrogen-bond acceptors (Lipinski definition) is 18. The molecule has 1 amide bonds. The zero-order valence-corrected chi connectivity index (χ0v) is 61.3. The van der Waals surface area contributed by atoms with Gasteiger partial charge in [-0.25, -0.2) is 4.79 Å². The molecular formula is C72H91N3O21PS4+. The molecule has 0 aliphatic carbocycles. The molecule has 7 rings (SSSR count). The minimum Gasteiger partial charge on any atom is -0.465 e. The topological polar surface area (TPSA) is 342 Å². The van der Waals surface area contributed by atoms with Gasteiger partial charge in [0.05, 0.1) is 98.8 Å². The van der Waals surface area contributed by atoms with E-state index >= 15 is 0 Å². The first-order valence-electron chi connectivity index (χ1n) is 33.1. The van der Waals surface area contributed by atoms with Crippen molar-refractivity contribution in [3.63, 3.8) is 0 Å². The number of hydrogen-bond donors (Lipinski definition) is 5. The van der Waals surface area contributed by atoms with Crippen LogP contribution in [0, 0.1) is 0 Å². The highest BCUT2D eigenvalue weighted by Crippen LogP contribution is 2.51. The Bertz CT molecular complexity index is 4240. The van der Waals surface area contributed by atoms with E-state index in [0.717, 1.165) is 10.6 Å². The summed E-state index contributed by atoms with van der Waals surface area (Å²) in [5.74, 6) is -2.03. The molecule has 101 heavy (non-hydrogen) atoms. The average molecular weight is 1490 g/mol. The van der Waals surface area contributed by atoms with Crippen molar-refractivity contribution in [3.05, 3.63) is 186 Å². The van der Waals surface area contributed by atoms with Crippen LogP contribution in [-0.4, -0.2) is 185 Å². The number of nitrogens with zero attached hydrogens (tertiary/aromatic N) is 2. The Balaban J connectivity index is 1.04. The molecule has 0 radical (unpaired) electrons. The van der Waals surface area contributed by atoms with Gasteiger partial charge in [0.15, 0.2) is 5.71 Å². The largest absolute Gasteiger partial charge is 0.465 e. The maximum absolute atomic E-state index is 13.7. The van der Waals surface area contributed by atoms with Gasteiger partial charge in [0.25, 0.3) is 46.4 Å². The van der Waals surface area contributed by atoms with Gasteiger partial charge in [0, 0.05) is 84.8 Å². The number of carbonyl (C=O) groups is 3. The molecule has 0 spiro atoms. The molecular weight excluding hydrogens is 1400 g/mol. The molecule has 0 fully saturated rings. The third-order valence-electron chi connectivity index (χ3n) is 17.3. The van der Waals surface area contributed by atoms with Crippen LogP contribution in [0.2, 0.25) is 0 Å². The van der Waals surface area contributed by atoms with Crippen LogP contribution in [0.1, 0.15) is 110 Å². The predicted octanol–water partition coefficient (Wildman–Crippen LogP) is 8.80. The molecule has 0 bridgehead atoms. The minimum atomic E-state index is -4.70. The standard InChI is InChI=1S/C72H90N3O21PS4/c1-71(36-20-50-98(79,80)81)62-53-59(100(85,86)87)31-34-64(62)74(39-18-10-11-22-56(76)23-19-38-73-69(77)55-30-33-61(70(78)92-4)66(52-55)97(57-24-12-8-13-25-57)58-26-14-9-15-27-58)67(71)28-16-6-5-7-17-29-68-72(2,37-21-51-99(82,83)84)63-54-60(101(88,89)90)32-35-65(63)75(68)40-41-93-44-45-95-48-49-96-47-46-94-43-42-91-3/h5-9,12-17,24-35,52-54H,10-11,18-23,36-51H2,1-4H3,(H4-,73,77,79,80,81,82,83,84,85,86,87,88,89,90)/p+1. The molecule has 0 saturated carbocycles. The number of fused-ring (bicyclic) bond motifs is 2. The van der Waals surface area contributed by atoms with E-state index in [-0.39, 0.29) is 92.9 Å². The zero-order chi connectivity index (χ0) is 73.3. The first-order valence-corrected chi connectivity index (χ1v) is 40.5. The quantitative estimate of drug-likeness (QED) is 0.00607. The van der Waals surface area contributed by atoms with E-state index in [0.29, 0.717) is 122 Å². The number of anilines is 1. The van der Waals surface area contributed by atoms with E-state index in [2.05, 4.69) is 5.32 Å².